The maximum Gasteiger partial charge on any atom is 0.305 e. The molecule has 0 aliphatic carbocycles. The van der Waals surface area contributed by atoms with Gasteiger partial charge in [-0.05, 0) is 16.7 Å². The van der Waals surface area contributed by atoms with Crippen molar-refractivity contribution in [1.82, 2.24) is 5.32 Å². The zero-order chi connectivity index (χ0) is 31.0. The molecule has 0 aromatic heterocycles. The molecular formula is C33H35NO9. The van der Waals surface area contributed by atoms with Gasteiger partial charge in [0.05, 0.1) is 6.61 Å². The van der Waals surface area contributed by atoms with E-state index in [1.165, 1.54) is 27.7 Å². The van der Waals surface area contributed by atoms with Crippen molar-refractivity contribution >= 4 is 23.8 Å². The van der Waals surface area contributed by atoms with Crippen LogP contribution in [0.3, 0.4) is 0 Å². The van der Waals surface area contributed by atoms with Gasteiger partial charge in [0.25, 0.3) is 0 Å². The van der Waals surface area contributed by atoms with E-state index in [1.807, 2.05) is 91.0 Å². The maximum absolute atomic E-state index is 12.3. The highest BCUT2D eigenvalue weighted by Crippen LogP contribution is 2.41. The molecule has 226 valence electrons. The fraction of sp³-hybridized carbons (Fsp3) is 0.333. The summed E-state index contributed by atoms with van der Waals surface area (Å²) >= 11 is 0. The standard InChI is InChI=1S/C33H35NO9/c1-21(35)34-29-31(41-23(3)37)30(40-22(2)36)28(43-32(29)42-24(4)38)20-39-33(25-14-8-5-9-15-25,26-16-10-6-11-17-26)27-18-12-7-13-19-27/h5-19,28-32H,20H2,1-4H3,(H,34,35)/t28-,29+,30+,31-,32-/m0/s1. The van der Waals surface area contributed by atoms with Crippen molar-refractivity contribution in [2.24, 2.45) is 0 Å². The minimum atomic E-state index is -1.38. The van der Waals surface area contributed by atoms with Crippen molar-refractivity contribution in [3.8, 4) is 0 Å². The highest BCUT2D eigenvalue weighted by atomic mass is 16.7. The fourth-order valence-corrected chi connectivity index (χ4v) is 5.33. The molecule has 0 unspecified atom stereocenters. The van der Waals surface area contributed by atoms with E-state index < -0.39 is 60.1 Å². The van der Waals surface area contributed by atoms with Gasteiger partial charge in [0, 0.05) is 27.7 Å². The summed E-state index contributed by atoms with van der Waals surface area (Å²) in [6.07, 6.45) is -4.98. The summed E-state index contributed by atoms with van der Waals surface area (Å²) in [6.45, 7) is 4.61. The number of nitrogens with one attached hydrogen (secondary N) is 1. The van der Waals surface area contributed by atoms with Crippen LogP contribution < -0.4 is 5.32 Å². The molecule has 5 atom stereocenters. The van der Waals surface area contributed by atoms with Crippen molar-refractivity contribution in [1.29, 1.82) is 0 Å². The van der Waals surface area contributed by atoms with E-state index in [2.05, 4.69) is 5.32 Å². The van der Waals surface area contributed by atoms with Gasteiger partial charge in [0.15, 0.2) is 12.2 Å². The lowest BCUT2D eigenvalue weighted by Crippen LogP contribution is -2.67. The second kappa shape index (κ2) is 14.1. The van der Waals surface area contributed by atoms with Crippen LogP contribution in [-0.2, 0) is 48.5 Å². The first-order chi connectivity index (χ1) is 20.6. The Morgan fingerprint density at radius 2 is 1.07 bits per heavy atom. The van der Waals surface area contributed by atoms with Gasteiger partial charge in [0.2, 0.25) is 12.2 Å². The molecule has 4 rings (SSSR count). The Hall–Kier alpha value is -4.54. The van der Waals surface area contributed by atoms with Gasteiger partial charge in [0.1, 0.15) is 17.7 Å². The number of hydrogen-bond donors (Lipinski definition) is 1. The molecule has 3 aromatic carbocycles. The molecule has 0 spiro atoms. The van der Waals surface area contributed by atoms with E-state index in [9.17, 15) is 19.2 Å². The second-order valence-electron chi connectivity index (χ2n) is 10.1. The summed E-state index contributed by atoms with van der Waals surface area (Å²) in [5.74, 6) is -2.58. The molecule has 1 N–H and O–H groups in total. The molecular weight excluding hydrogens is 554 g/mol. The van der Waals surface area contributed by atoms with Gasteiger partial charge in [-0.1, -0.05) is 91.0 Å². The van der Waals surface area contributed by atoms with E-state index in [0.717, 1.165) is 16.7 Å². The largest absolute Gasteiger partial charge is 0.456 e. The molecule has 1 aliphatic heterocycles. The topological polar surface area (TPSA) is 126 Å². The predicted molar refractivity (Wildman–Crippen MR) is 154 cm³/mol. The molecule has 3 aromatic rings. The first-order valence-electron chi connectivity index (χ1n) is 13.9. The SMILES string of the molecule is CC(=O)N[C@H]1[C@@H](OC(C)=O)O[C@@H](COC(c2ccccc2)(c2ccccc2)c2ccccc2)[C@@H](OC(C)=O)[C@H]1OC(C)=O. The average molecular weight is 590 g/mol. The van der Waals surface area contributed by atoms with Gasteiger partial charge < -0.3 is 29.0 Å². The number of carbonyl (C=O) groups excluding carboxylic acids is 4. The van der Waals surface area contributed by atoms with Gasteiger partial charge in [-0.3, -0.25) is 19.2 Å². The van der Waals surface area contributed by atoms with Crippen LogP contribution in [0.2, 0.25) is 0 Å². The summed E-state index contributed by atoms with van der Waals surface area (Å²) in [5.41, 5.74) is 1.29. The molecule has 1 aliphatic rings. The summed E-state index contributed by atoms with van der Waals surface area (Å²) in [4.78, 5) is 48.7. The lowest BCUT2D eigenvalue weighted by Gasteiger charge is -2.45. The molecule has 0 saturated carbocycles. The minimum Gasteiger partial charge on any atom is -0.456 e. The van der Waals surface area contributed by atoms with Crippen molar-refractivity contribution in [3.05, 3.63) is 108 Å². The number of esters is 3. The van der Waals surface area contributed by atoms with Crippen molar-refractivity contribution < 1.29 is 42.9 Å². The normalized spacial score (nSPS) is 21.7. The minimum absolute atomic E-state index is 0.209. The molecule has 1 amide bonds. The molecule has 0 bridgehead atoms. The van der Waals surface area contributed by atoms with Crippen LogP contribution in [0.15, 0.2) is 91.0 Å². The highest BCUT2D eigenvalue weighted by molar-refractivity contribution is 5.74. The fourth-order valence-electron chi connectivity index (χ4n) is 5.33. The van der Waals surface area contributed by atoms with E-state index in [1.54, 1.807) is 0 Å². The Balaban J connectivity index is 1.83. The van der Waals surface area contributed by atoms with Gasteiger partial charge in [-0.2, -0.15) is 0 Å². The smallest absolute Gasteiger partial charge is 0.305 e. The molecule has 1 saturated heterocycles. The zero-order valence-electron chi connectivity index (χ0n) is 24.4. The zero-order valence-corrected chi connectivity index (χ0v) is 24.4. The summed E-state index contributed by atoms with van der Waals surface area (Å²) in [5, 5.41) is 2.62. The third kappa shape index (κ3) is 7.46. The Bertz CT molecular complexity index is 1300. The maximum atomic E-state index is 12.3. The van der Waals surface area contributed by atoms with E-state index >= 15 is 0 Å². The number of amides is 1. The molecule has 43 heavy (non-hydrogen) atoms. The first kappa shape index (κ1) is 31.4. The van der Waals surface area contributed by atoms with E-state index in [0.29, 0.717) is 0 Å². The third-order valence-electron chi connectivity index (χ3n) is 6.91. The van der Waals surface area contributed by atoms with Gasteiger partial charge >= 0.3 is 17.9 Å². The molecule has 10 nitrogen and oxygen atoms in total. The highest BCUT2D eigenvalue weighted by Gasteiger charge is 2.52. The molecule has 1 heterocycles. The lowest BCUT2D eigenvalue weighted by molar-refractivity contribution is -0.275. The Kier molecular flexibility index (Phi) is 10.3. The summed E-state index contributed by atoms with van der Waals surface area (Å²) < 4.78 is 29.7. The van der Waals surface area contributed by atoms with Crippen LogP contribution >= 0.6 is 0 Å². The summed E-state index contributed by atoms with van der Waals surface area (Å²) in [7, 11) is 0. The van der Waals surface area contributed by atoms with Crippen molar-refractivity contribution in [3.63, 3.8) is 0 Å². The van der Waals surface area contributed by atoms with Crippen LogP contribution in [0.4, 0.5) is 0 Å². The van der Waals surface area contributed by atoms with Gasteiger partial charge in [-0.25, -0.2) is 0 Å². The number of ether oxygens (including phenoxy) is 5. The number of rotatable bonds is 10. The van der Waals surface area contributed by atoms with Crippen LogP contribution in [-0.4, -0.2) is 61.1 Å². The van der Waals surface area contributed by atoms with Gasteiger partial charge in [-0.15, -0.1) is 0 Å². The molecule has 1 fully saturated rings. The first-order valence-corrected chi connectivity index (χ1v) is 13.9. The lowest BCUT2D eigenvalue weighted by atomic mass is 9.80. The third-order valence-corrected chi connectivity index (χ3v) is 6.91. The number of benzene rings is 3. The van der Waals surface area contributed by atoms with E-state index in [4.69, 9.17) is 23.7 Å². The van der Waals surface area contributed by atoms with Crippen LogP contribution in [0.1, 0.15) is 44.4 Å². The quantitative estimate of drug-likeness (QED) is 0.214. The van der Waals surface area contributed by atoms with Crippen molar-refractivity contribution in [2.45, 2.75) is 63.9 Å². The van der Waals surface area contributed by atoms with Crippen molar-refractivity contribution in [2.75, 3.05) is 6.61 Å². The predicted octanol–water partition coefficient (Wildman–Crippen LogP) is 3.65. The monoisotopic (exact) mass is 589 g/mol. The number of carbonyl (C=O) groups is 4. The Labute approximate surface area is 250 Å². The van der Waals surface area contributed by atoms with Crippen LogP contribution in [0.5, 0.6) is 0 Å². The number of hydrogen-bond acceptors (Lipinski definition) is 9. The molecule has 10 heteroatoms. The van der Waals surface area contributed by atoms with E-state index in [-0.39, 0.29) is 6.61 Å². The van der Waals surface area contributed by atoms with Crippen LogP contribution in [0.25, 0.3) is 0 Å². The molecule has 0 radical (unpaired) electrons. The summed E-state index contributed by atoms with van der Waals surface area (Å²) in [6, 6.07) is 27.7. The van der Waals surface area contributed by atoms with Crippen LogP contribution in [0, 0.1) is 0 Å². The Morgan fingerprint density at radius 1 is 0.651 bits per heavy atom. The average Bonchev–Trinajstić information content (AvgIpc) is 2.97. The Morgan fingerprint density at radius 3 is 1.47 bits per heavy atom. The second-order valence-corrected chi connectivity index (χ2v) is 10.1.